The van der Waals surface area contributed by atoms with Crippen molar-refractivity contribution in [3.63, 3.8) is 0 Å². The average Bonchev–Trinajstić information content (AvgIpc) is 2.99. The van der Waals surface area contributed by atoms with Crippen molar-refractivity contribution < 1.29 is 34.0 Å². The quantitative estimate of drug-likeness (QED) is 0.236. The molecule has 14 heteroatoms. The lowest BCUT2D eigenvalue weighted by Crippen LogP contribution is -2.34. The number of halogens is 1. The van der Waals surface area contributed by atoms with Crippen LogP contribution >= 0.6 is 19.2 Å². The van der Waals surface area contributed by atoms with Crippen LogP contribution in [-0.4, -0.2) is 79.5 Å². The molecule has 4 heterocycles. The van der Waals surface area contributed by atoms with Gasteiger partial charge in [0.05, 0.1) is 11.6 Å². The summed E-state index contributed by atoms with van der Waals surface area (Å²) in [5.41, 5.74) is 0.369. The number of fused-ring (bicyclic) bond motifs is 2. The molecule has 7 atom stereocenters. The minimum absolute atomic E-state index is 0.0442. The van der Waals surface area contributed by atoms with E-state index in [1.807, 2.05) is 0 Å². The first-order chi connectivity index (χ1) is 14.2. The molecule has 1 aliphatic carbocycles. The summed E-state index contributed by atoms with van der Waals surface area (Å²) in [7, 11) is -3.85. The Morgan fingerprint density at radius 1 is 1.30 bits per heavy atom. The molecule has 0 radical (unpaired) electrons. The molecule has 3 fully saturated rings. The number of aromatic nitrogens is 4. The van der Waals surface area contributed by atoms with Crippen LogP contribution in [0.3, 0.4) is 0 Å². The van der Waals surface area contributed by atoms with E-state index in [9.17, 15) is 14.8 Å². The zero-order valence-electron chi connectivity index (χ0n) is 15.9. The van der Waals surface area contributed by atoms with Crippen molar-refractivity contribution in [3.05, 3.63) is 11.5 Å². The van der Waals surface area contributed by atoms with E-state index in [0.29, 0.717) is 28.7 Å². The number of nitrogens with zero attached hydrogens (tertiary/aromatic N) is 5. The molecule has 2 saturated heterocycles. The lowest BCUT2D eigenvalue weighted by Gasteiger charge is -2.20. The van der Waals surface area contributed by atoms with E-state index in [4.69, 9.17) is 21.2 Å². The number of hydrogen-bond acceptors (Lipinski definition) is 10. The number of piperidine rings is 1. The van der Waals surface area contributed by atoms with Crippen LogP contribution in [0, 0.1) is 11.8 Å². The highest BCUT2D eigenvalue weighted by Gasteiger charge is 2.47. The largest absolute Gasteiger partial charge is 0.387 e. The molecule has 3 unspecified atom stereocenters. The van der Waals surface area contributed by atoms with Gasteiger partial charge in [-0.3, -0.25) is 4.57 Å². The van der Waals surface area contributed by atoms with Crippen LogP contribution in [0.2, 0.25) is 5.28 Å². The third-order valence-corrected chi connectivity index (χ3v) is 6.24. The maximum atomic E-state index is 11.1. The molecule has 0 aromatic carbocycles. The van der Waals surface area contributed by atoms with Gasteiger partial charge in [0.1, 0.15) is 30.7 Å². The Labute approximate surface area is 175 Å². The van der Waals surface area contributed by atoms with Crippen LogP contribution in [-0.2, 0) is 18.9 Å². The topological polar surface area (TPSA) is 152 Å². The lowest BCUT2D eigenvalue weighted by molar-refractivity contribution is -0.238. The first kappa shape index (κ1) is 20.5. The Balaban J connectivity index is 1.39. The van der Waals surface area contributed by atoms with Crippen molar-refractivity contribution in [1.29, 1.82) is 0 Å². The predicted molar refractivity (Wildman–Crippen MR) is 103 cm³/mol. The zero-order valence-corrected chi connectivity index (χ0v) is 17.6. The lowest BCUT2D eigenvalue weighted by atomic mass is 10.1. The minimum atomic E-state index is -3.85. The third kappa shape index (κ3) is 3.71. The van der Waals surface area contributed by atoms with E-state index in [2.05, 4.69) is 29.5 Å². The molecule has 30 heavy (non-hydrogen) atoms. The van der Waals surface area contributed by atoms with Crippen LogP contribution in [0.4, 0.5) is 5.82 Å². The zero-order chi connectivity index (χ0) is 21.2. The second-order valence-electron chi connectivity index (χ2n) is 8.01. The minimum Gasteiger partial charge on any atom is -0.387 e. The predicted octanol–water partition coefficient (Wildman–Crippen LogP) is 0.318. The van der Waals surface area contributed by atoms with Gasteiger partial charge in [0, 0.05) is 19.8 Å². The SMILES string of the molecule is CP(=O)(O)OOC[C@H]1O[C@@H](n2ncc3c(N4CC5CC5C4)nc(Cl)nc32)[C@H](O)[C@@H]1O. The fourth-order valence-electron chi connectivity index (χ4n) is 4.15. The summed E-state index contributed by atoms with van der Waals surface area (Å²) in [5.74, 6) is 2.07. The first-order valence-corrected chi connectivity index (χ1v) is 11.9. The van der Waals surface area contributed by atoms with Gasteiger partial charge in [0.15, 0.2) is 11.9 Å². The van der Waals surface area contributed by atoms with Gasteiger partial charge >= 0.3 is 7.60 Å². The van der Waals surface area contributed by atoms with Crippen molar-refractivity contribution in [1.82, 2.24) is 19.7 Å². The van der Waals surface area contributed by atoms with Gasteiger partial charge in [0.25, 0.3) is 0 Å². The maximum absolute atomic E-state index is 11.1. The van der Waals surface area contributed by atoms with Crippen molar-refractivity contribution in [2.24, 2.45) is 11.8 Å². The van der Waals surface area contributed by atoms with E-state index in [1.165, 1.54) is 11.1 Å². The summed E-state index contributed by atoms with van der Waals surface area (Å²) < 4.78 is 22.5. The van der Waals surface area contributed by atoms with Crippen LogP contribution in [0.5, 0.6) is 0 Å². The fourth-order valence-corrected chi connectivity index (χ4v) is 4.56. The molecule has 164 valence electrons. The number of aliphatic hydroxyl groups excluding tert-OH is 2. The van der Waals surface area contributed by atoms with Crippen molar-refractivity contribution >= 4 is 36.0 Å². The summed E-state index contributed by atoms with van der Waals surface area (Å²) in [6.07, 6.45) is -1.94. The van der Waals surface area contributed by atoms with Gasteiger partial charge in [-0.25, -0.2) is 9.57 Å². The second kappa shape index (κ2) is 7.35. The third-order valence-electron chi connectivity index (χ3n) is 5.69. The molecule has 1 saturated carbocycles. The Kier molecular flexibility index (Phi) is 5.03. The van der Waals surface area contributed by atoms with Gasteiger partial charge in [-0.15, -0.1) is 4.67 Å². The molecule has 0 spiro atoms. The molecule has 2 aromatic rings. The van der Waals surface area contributed by atoms with Gasteiger partial charge in [0.2, 0.25) is 5.28 Å². The average molecular weight is 462 g/mol. The summed E-state index contributed by atoms with van der Waals surface area (Å²) >= 11 is 6.16. The van der Waals surface area contributed by atoms with Crippen LogP contribution in [0.15, 0.2) is 6.20 Å². The second-order valence-corrected chi connectivity index (χ2v) is 10.1. The summed E-state index contributed by atoms with van der Waals surface area (Å²) in [6, 6.07) is 0. The van der Waals surface area contributed by atoms with Gasteiger partial charge in [-0.05, 0) is 29.9 Å². The van der Waals surface area contributed by atoms with E-state index in [1.54, 1.807) is 6.20 Å². The molecule has 0 amide bonds. The first-order valence-electron chi connectivity index (χ1n) is 9.50. The summed E-state index contributed by atoms with van der Waals surface area (Å²) in [4.78, 5) is 24.6. The highest BCUT2D eigenvalue weighted by molar-refractivity contribution is 7.51. The van der Waals surface area contributed by atoms with Crippen LogP contribution in [0.1, 0.15) is 12.6 Å². The molecular weight excluding hydrogens is 441 g/mol. The molecule has 5 rings (SSSR count). The Morgan fingerprint density at radius 3 is 2.73 bits per heavy atom. The van der Waals surface area contributed by atoms with Gasteiger partial charge in [-0.1, -0.05) is 0 Å². The molecular formula is C16H21ClN5O7P. The summed E-state index contributed by atoms with van der Waals surface area (Å²) in [6.45, 7) is 2.40. The monoisotopic (exact) mass is 461 g/mol. The van der Waals surface area contributed by atoms with E-state index < -0.39 is 32.1 Å². The fraction of sp³-hybridized carbons (Fsp3) is 0.688. The van der Waals surface area contributed by atoms with Crippen LogP contribution < -0.4 is 4.90 Å². The van der Waals surface area contributed by atoms with Crippen LogP contribution in [0.25, 0.3) is 11.0 Å². The van der Waals surface area contributed by atoms with Crippen molar-refractivity contribution in [3.8, 4) is 0 Å². The normalized spacial score (nSPS) is 35.0. The highest BCUT2D eigenvalue weighted by atomic mass is 35.5. The standard InChI is InChI=1S/C16H21ClN5O7P/c1-30(25,26)29-27-6-10-11(23)12(24)15(28-10)22-14-9(3-18-22)13(19-16(17)20-14)21-4-7-2-8(7)5-21/h3,7-8,10-12,15,23-24H,2,4-6H2,1H3,(H,25,26)/t7?,8?,10-,11-,12-,15-/m1/s1. The van der Waals surface area contributed by atoms with Gasteiger partial charge in [-0.2, -0.15) is 15.1 Å². The van der Waals surface area contributed by atoms with E-state index in [0.717, 1.165) is 19.8 Å². The molecule has 12 nitrogen and oxygen atoms in total. The van der Waals surface area contributed by atoms with E-state index >= 15 is 0 Å². The smallest absolute Gasteiger partial charge is 0.352 e. The number of hydrogen-bond donors (Lipinski definition) is 3. The molecule has 2 aromatic heterocycles. The number of anilines is 1. The van der Waals surface area contributed by atoms with E-state index in [-0.39, 0.29) is 11.9 Å². The van der Waals surface area contributed by atoms with Gasteiger partial charge < -0.3 is 24.7 Å². The Morgan fingerprint density at radius 2 is 2.03 bits per heavy atom. The molecule has 3 aliphatic rings. The van der Waals surface area contributed by atoms with Crippen molar-refractivity contribution in [2.45, 2.75) is 31.0 Å². The summed E-state index contributed by atoms with van der Waals surface area (Å²) in [5, 5.41) is 25.8. The Hall–Kier alpha value is -1.37. The molecule has 2 aliphatic heterocycles. The number of ether oxygens (including phenoxy) is 1. The Bertz CT molecular complexity index is 1010. The molecule has 0 bridgehead atoms. The number of rotatable bonds is 6. The maximum Gasteiger partial charge on any atom is 0.352 e. The highest BCUT2D eigenvalue weighted by Crippen LogP contribution is 2.47. The van der Waals surface area contributed by atoms with Crippen molar-refractivity contribution in [2.75, 3.05) is 31.3 Å². The molecule has 3 N–H and O–H groups in total. The number of aliphatic hydroxyl groups is 2.